The fraction of sp³-hybridized carbons (Fsp3) is 0.455. The van der Waals surface area contributed by atoms with Gasteiger partial charge < -0.3 is 16.0 Å². The lowest BCUT2D eigenvalue weighted by Crippen LogP contribution is -2.41. The normalized spacial score (nSPS) is 20.1. The van der Waals surface area contributed by atoms with E-state index in [1.165, 1.54) is 0 Å². The van der Waals surface area contributed by atoms with Gasteiger partial charge in [0.05, 0.1) is 0 Å². The summed E-state index contributed by atoms with van der Waals surface area (Å²) in [5.74, 6) is 0.980. The molecule has 1 aromatic heterocycles. The molecule has 5 heteroatoms. The van der Waals surface area contributed by atoms with E-state index < -0.39 is 0 Å². The molecule has 1 unspecified atom stereocenters. The lowest BCUT2D eigenvalue weighted by atomic mass is 10.1. The summed E-state index contributed by atoms with van der Waals surface area (Å²) in [6, 6.07) is 4.19. The molecule has 86 valence electrons. The smallest absolute Gasteiger partial charge is 0.220 e. The molecule has 1 aromatic rings. The summed E-state index contributed by atoms with van der Waals surface area (Å²) in [6.45, 7) is 0.691. The first-order valence-electron chi connectivity index (χ1n) is 5.45. The number of hydrogen-bond acceptors (Lipinski definition) is 4. The first-order chi connectivity index (χ1) is 7.78. The Morgan fingerprint density at radius 2 is 2.44 bits per heavy atom. The van der Waals surface area contributed by atoms with Crippen molar-refractivity contribution in [2.75, 3.05) is 24.2 Å². The minimum absolute atomic E-state index is 0.142. The third-order valence-corrected chi connectivity index (χ3v) is 2.65. The van der Waals surface area contributed by atoms with Crippen molar-refractivity contribution in [2.45, 2.75) is 18.9 Å². The second-order valence-corrected chi connectivity index (χ2v) is 3.86. The van der Waals surface area contributed by atoms with Crippen molar-refractivity contribution in [1.82, 2.24) is 10.3 Å². The van der Waals surface area contributed by atoms with Gasteiger partial charge in [-0.3, -0.25) is 4.79 Å². The SMILES string of the molecule is CNc1cc(NC2CCC(=O)NC2)ccn1. The molecule has 0 spiro atoms. The van der Waals surface area contributed by atoms with E-state index >= 15 is 0 Å². The van der Waals surface area contributed by atoms with Gasteiger partial charge in [-0.1, -0.05) is 0 Å². The third kappa shape index (κ3) is 2.62. The van der Waals surface area contributed by atoms with E-state index in [1.54, 1.807) is 6.20 Å². The van der Waals surface area contributed by atoms with Crippen LogP contribution in [0.15, 0.2) is 18.3 Å². The van der Waals surface area contributed by atoms with Crippen molar-refractivity contribution in [2.24, 2.45) is 0 Å². The van der Waals surface area contributed by atoms with Crippen molar-refractivity contribution >= 4 is 17.4 Å². The molecular formula is C11H16N4O. The monoisotopic (exact) mass is 220 g/mol. The van der Waals surface area contributed by atoms with Crippen LogP contribution >= 0.6 is 0 Å². The second-order valence-electron chi connectivity index (χ2n) is 3.86. The minimum Gasteiger partial charge on any atom is -0.380 e. The first kappa shape index (κ1) is 10.7. The number of pyridine rings is 1. The fourth-order valence-corrected chi connectivity index (χ4v) is 1.75. The van der Waals surface area contributed by atoms with Crippen molar-refractivity contribution < 1.29 is 4.79 Å². The van der Waals surface area contributed by atoms with Crippen LogP contribution in [0.2, 0.25) is 0 Å². The zero-order chi connectivity index (χ0) is 11.4. The maximum absolute atomic E-state index is 11.0. The van der Waals surface area contributed by atoms with Crippen LogP contribution in [0.25, 0.3) is 0 Å². The number of hydrogen-bond donors (Lipinski definition) is 3. The highest BCUT2D eigenvalue weighted by Gasteiger charge is 2.17. The van der Waals surface area contributed by atoms with Crippen LogP contribution in [0.1, 0.15) is 12.8 Å². The van der Waals surface area contributed by atoms with Gasteiger partial charge in [-0.05, 0) is 12.5 Å². The van der Waals surface area contributed by atoms with Gasteiger partial charge in [-0.25, -0.2) is 4.98 Å². The van der Waals surface area contributed by atoms with Gasteiger partial charge in [0.2, 0.25) is 5.91 Å². The average molecular weight is 220 g/mol. The maximum Gasteiger partial charge on any atom is 0.220 e. The van der Waals surface area contributed by atoms with E-state index in [4.69, 9.17) is 0 Å². The van der Waals surface area contributed by atoms with Gasteiger partial charge in [0.1, 0.15) is 5.82 Å². The van der Waals surface area contributed by atoms with Gasteiger partial charge in [0.25, 0.3) is 0 Å². The Bertz CT molecular complexity index is 370. The molecule has 0 radical (unpaired) electrons. The van der Waals surface area contributed by atoms with Crippen LogP contribution in [0.3, 0.4) is 0 Å². The van der Waals surface area contributed by atoms with Gasteiger partial charge >= 0.3 is 0 Å². The van der Waals surface area contributed by atoms with Crippen LogP contribution in [-0.4, -0.2) is 30.5 Å². The van der Waals surface area contributed by atoms with Gasteiger partial charge in [0, 0.05) is 44.0 Å². The van der Waals surface area contributed by atoms with Crippen molar-refractivity contribution in [1.29, 1.82) is 0 Å². The summed E-state index contributed by atoms with van der Waals surface area (Å²) in [7, 11) is 1.84. The molecule has 0 saturated carbocycles. The molecule has 1 atom stereocenters. The summed E-state index contributed by atoms with van der Waals surface area (Å²) >= 11 is 0. The molecule has 1 fully saturated rings. The Hall–Kier alpha value is -1.78. The maximum atomic E-state index is 11.0. The minimum atomic E-state index is 0.142. The van der Waals surface area contributed by atoms with Gasteiger partial charge in [-0.15, -0.1) is 0 Å². The van der Waals surface area contributed by atoms with E-state index in [0.717, 1.165) is 17.9 Å². The largest absolute Gasteiger partial charge is 0.380 e. The number of aromatic nitrogens is 1. The number of carbonyl (C=O) groups is 1. The quantitative estimate of drug-likeness (QED) is 0.705. The van der Waals surface area contributed by atoms with E-state index in [0.29, 0.717) is 19.0 Å². The molecule has 3 N–H and O–H groups in total. The van der Waals surface area contributed by atoms with Gasteiger partial charge in [0.15, 0.2) is 0 Å². The lowest BCUT2D eigenvalue weighted by Gasteiger charge is -2.24. The molecule has 0 bridgehead atoms. The van der Waals surface area contributed by atoms with Crippen LogP contribution in [0.5, 0.6) is 0 Å². The zero-order valence-electron chi connectivity index (χ0n) is 9.29. The highest BCUT2D eigenvalue weighted by molar-refractivity contribution is 5.77. The summed E-state index contributed by atoms with van der Waals surface area (Å²) in [4.78, 5) is 15.1. The van der Waals surface area contributed by atoms with E-state index in [-0.39, 0.29) is 5.91 Å². The Morgan fingerprint density at radius 1 is 1.56 bits per heavy atom. The van der Waals surface area contributed by atoms with Crippen molar-refractivity contribution in [3.8, 4) is 0 Å². The first-order valence-corrected chi connectivity index (χ1v) is 5.45. The fourth-order valence-electron chi connectivity index (χ4n) is 1.75. The molecule has 5 nitrogen and oxygen atoms in total. The number of anilines is 2. The standard InChI is InChI=1S/C11H16N4O/c1-12-10-6-8(4-5-13-10)15-9-2-3-11(16)14-7-9/h4-6,9H,2-3,7H2,1H3,(H,14,16)(H2,12,13,15). The molecule has 1 amide bonds. The van der Waals surface area contributed by atoms with Crippen LogP contribution < -0.4 is 16.0 Å². The Kier molecular flexibility index (Phi) is 3.24. The number of piperidine rings is 1. The third-order valence-electron chi connectivity index (χ3n) is 2.65. The van der Waals surface area contributed by atoms with E-state index in [9.17, 15) is 4.79 Å². The lowest BCUT2D eigenvalue weighted by molar-refractivity contribution is -0.122. The predicted molar refractivity (Wildman–Crippen MR) is 63.4 cm³/mol. The summed E-state index contributed by atoms with van der Waals surface area (Å²) in [5.41, 5.74) is 1.03. The van der Waals surface area contributed by atoms with Crippen LogP contribution in [-0.2, 0) is 4.79 Å². The molecule has 1 aliphatic rings. The van der Waals surface area contributed by atoms with Crippen LogP contribution in [0, 0.1) is 0 Å². The average Bonchev–Trinajstić information content (AvgIpc) is 2.32. The predicted octanol–water partition coefficient (Wildman–Crippen LogP) is 0.814. The topological polar surface area (TPSA) is 66.0 Å². The van der Waals surface area contributed by atoms with Crippen molar-refractivity contribution in [3.05, 3.63) is 18.3 Å². The van der Waals surface area contributed by atoms with E-state index in [1.807, 2.05) is 19.2 Å². The molecule has 1 aliphatic heterocycles. The molecule has 0 aliphatic carbocycles. The number of nitrogens with one attached hydrogen (secondary N) is 3. The second kappa shape index (κ2) is 4.83. The number of amides is 1. The highest BCUT2D eigenvalue weighted by Crippen LogP contribution is 2.15. The Balaban J connectivity index is 1.95. The van der Waals surface area contributed by atoms with Crippen molar-refractivity contribution in [3.63, 3.8) is 0 Å². The van der Waals surface area contributed by atoms with Gasteiger partial charge in [-0.2, -0.15) is 0 Å². The van der Waals surface area contributed by atoms with E-state index in [2.05, 4.69) is 20.9 Å². The molecular weight excluding hydrogens is 204 g/mol. The summed E-state index contributed by atoms with van der Waals surface area (Å²) in [6.07, 6.45) is 3.24. The molecule has 2 rings (SSSR count). The number of rotatable bonds is 3. The molecule has 1 saturated heterocycles. The molecule has 0 aromatic carbocycles. The molecule has 2 heterocycles. The highest BCUT2D eigenvalue weighted by atomic mass is 16.1. The summed E-state index contributed by atoms with van der Waals surface area (Å²) < 4.78 is 0. The van der Waals surface area contributed by atoms with Crippen LogP contribution in [0.4, 0.5) is 11.5 Å². The Labute approximate surface area is 94.6 Å². The number of nitrogens with zero attached hydrogens (tertiary/aromatic N) is 1. The number of carbonyl (C=O) groups excluding carboxylic acids is 1. The zero-order valence-corrected chi connectivity index (χ0v) is 9.29. The Morgan fingerprint density at radius 3 is 3.12 bits per heavy atom. The summed E-state index contributed by atoms with van der Waals surface area (Å²) in [5, 5.41) is 9.22. The molecule has 16 heavy (non-hydrogen) atoms.